The van der Waals surface area contributed by atoms with Crippen LogP contribution in [0.15, 0.2) is 53.9 Å². The first-order valence-corrected chi connectivity index (χ1v) is 10.0. The summed E-state index contributed by atoms with van der Waals surface area (Å²) in [5.74, 6) is -0.622. The number of hydrazone groups is 1. The summed E-state index contributed by atoms with van der Waals surface area (Å²) in [6, 6.07) is 7.31. The third kappa shape index (κ3) is 3.87. The molecule has 3 heterocycles. The van der Waals surface area contributed by atoms with E-state index in [9.17, 15) is 9.18 Å². The molecule has 0 N–H and O–H groups in total. The highest BCUT2D eigenvalue weighted by molar-refractivity contribution is 5.94. The molecule has 0 aliphatic carbocycles. The molecule has 1 aliphatic rings. The third-order valence-electron chi connectivity index (χ3n) is 5.42. The molecule has 1 aromatic carbocycles. The molecule has 0 bridgehead atoms. The van der Waals surface area contributed by atoms with Gasteiger partial charge in [0.2, 0.25) is 0 Å². The first-order chi connectivity index (χ1) is 14.4. The number of carbonyl (C=O) groups excluding carboxylic acids is 1. The average molecular weight is 405 g/mol. The van der Waals surface area contributed by atoms with Gasteiger partial charge in [0.25, 0.3) is 5.91 Å². The zero-order chi connectivity index (χ0) is 21.3. The van der Waals surface area contributed by atoms with Crippen molar-refractivity contribution in [2.24, 2.45) is 5.10 Å². The predicted molar refractivity (Wildman–Crippen MR) is 114 cm³/mol. The van der Waals surface area contributed by atoms with E-state index in [2.05, 4.69) is 46.9 Å². The van der Waals surface area contributed by atoms with Crippen molar-refractivity contribution in [2.45, 2.75) is 45.7 Å². The van der Waals surface area contributed by atoms with Crippen LogP contribution in [0.4, 0.5) is 4.39 Å². The maximum atomic E-state index is 13.9. The number of halogens is 1. The van der Waals surface area contributed by atoms with Crippen molar-refractivity contribution < 1.29 is 9.18 Å². The number of nitrogens with zero attached hydrogens (tertiary/aromatic N) is 5. The van der Waals surface area contributed by atoms with E-state index in [4.69, 9.17) is 0 Å². The van der Waals surface area contributed by atoms with E-state index in [0.717, 1.165) is 17.3 Å². The van der Waals surface area contributed by atoms with Crippen LogP contribution in [0, 0.1) is 19.7 Å². The van der Waals surface area contributed by atoms with Crippen LogP contribution in [0.1, 0.15) is 42.1 Å². The van der Waals surface area contributed by atoms with E-state index in [0.29, 0.717) is 36.2 Å². The van der Waals surface area contributed by atoms with Gasteiger partial charge in [-0.15, -0.1) is 0 Å². The van der Waals surface area contributed by atoms with Crippen molar-refractivity contribution >= 4 is 23.0 Å². The lowest BCUT2D eigenvalue weighted by Crippen LogP contribution is -2.28. The number of amides is 1. The number of aromatic nitrogens is 3. The number of carbonyl (C=O) groups is 1. The van der Waals surface area contributed by atoms with Gasteiger partial charge in [-0.1, -0.05) is 18.2 Å². The summed E-state index contributed by atoms with van der Waals surface area (Å²) in [4.78, 5) is 17.0. The van der Waals surface area contributed by atoms with Crippen LogP contribution in [0.5, 0.6) is 0 Å². The Balaban J connectivity index is 1.38. The lowest BCUT2D eigenvalue weighted by atomic mass is 10.0. The fourth-order valence-electron chi connectivity index (χ4n) is 3.69. The van der Waals surface area contributed by atoms with Gasteiger partial charge < -0.3 is 0 Å². The molecule has 6 nitrogen and oxygen atoms in total. The van der Waals surface area contributed by atoms with E-state index in [1.165, 1.54) is 16.6 Å². The van der Waals surface area contributed by atoms with Crippen LogP contribution >= 0.6 is 0 Å². The Kier molecular flexibility index (Phi) is 5.44. The standard InChI is InChI=1S/C23H24FN5O/c1-15-6-7-21-18(11-15)14-27-28(21)10-4-5-16(2)23(30)29-22(8-9-26-29)19-12-20(24)17(3)25-13-19/h6-7,9,11-14,22H,2,4-5,8,10H2,1,3H3. The van der Waals surface area contributed by atoms with Gasteiger partial charge in [-0.25, -0.2) is 9.40 Å². The van der Waals surface area contributed by atoms with Crippen LogP contribution in [0.25, 0.3) is 10.9 Å². The molecule has 4 rings (SSSR count). The summed E-state index contributed by atoms with van der Waals surface area (Å²) in [5.41, 5.74) is 3.73. The second-order valence-corrected chi connectivity index (χ2v) is 7.67. The van der Waals surface area contributed by atoms with Crippen molar-refractivity contribution in [1.82, 2.24) is 19.8 Å². The molecule has 0 fully saturated rings. The molecular formula is C23H24FN5O. The molecule has 30 heavy (non-hydrogen) atoms. The minimum absolute atomic E-state index is 0.240. The van der Waals surface area contributed by atoms with E-state index in [-0.39, 0.29) is 17.8 Å². The summed E-state index contributed by atoms with van der Waals surface area (Å²) in [5, 5.41) is 11.2. The maximum Gasteiger partial charge on any atom is 0.269 e. The molecule has 1 amide bonds. The van der Waals surface area contributed by atoms with Crippen molar-refractivity contribution in [2.75, 3.05) is 0 Å². The van der Waals surface area contributed by atoms with E-state index < -0.39 is 0 Å². The van der Waals surface area contributed by atoms with Gasteiger partial charge in [0.05, 0.1) is 23.4 Å². The molecule has 1 unspecified atom stereocenters. The number of hydrogen-bond donors (Lipinski definition) is 0. The highest BCUT2D eigenvalue weighted by Crippen LogP contribution is 2.30. The minimum atomic E-state index is -0.382. The van der Waals surface area contributed by atoms with Gasteiger partial charge in [-0.3, -0.25) is 14.5 Å². The van der Waals surface area contributed by atoms with Crippen LogP contribution in [-0.2, 0) is 11.3 Å². The normalized spacial score (nSPS) is 15.8. The topological polar surface area (TPSA) is 63.4 Å². The van der Waals surface area contributed by atoms with Gasteiger partial charge in [0, 0.05) is 36.3 Å². The van der Waals surface area contributed by atoms with Gasteiger partial charge in [0.1, 0.15) is 5.82 Å². The smallest absolute Gasteiger partial charge is 0.268 e. The van der Waals surface area contributed by atoms with Crippen LogP contribution < -0.4 is 0 Å². The largest absolute Gasteiger partial charge is 0.269 e. The highest BCUT2D eigenvalue weighted by atomic mass is 19.1. The Labute approximate surface area is 174 Å². The number of fused-ring (bicyclic) bond motifs is 1. The van der Waals surface area contributed by atoms with E-state index >= 15 is 0 Å². The van der Waals surface area contributed by atoms with Crippen molar-refractivity contribution in [3.8, 4) is 0 Å². The van der Waals surface area contributed by atoms with Gasteiger partial charge in [-0.2, -0.15) is 10.2 Å². The zero-order valence-corrected chi connectivity index (χ0v) is 17.2. The Hall–Kier alpha value is -3.35. The minimum Gasteiger partial charge on any atom is -0.268 e. The molecule has 2 aromatic heterocycles. The molecule has 3 aromatic rings. The average Bonchev–Trinajstić information content (AvgIpc) is 3.36. The summed E-state index contributed by atoms with van der Waals surface area (Å²) in [7, 11) is 0. The van der Waals surface area contributed by atoms with Crippen LogP contribution in [0.3, 0.4) is 0 Å². The Morgan fingerprint density at radius 1 is 1.27 bits per heavy atom. The number of benzene rings is 1. The van der Waals surface area contributed by atoms with Crippen molar-refractivity contribution in [3.63, 3.8) is 0 Å². The number of pyridine rings is 1. The van der Waals surface area contributed by atoms with Crippen molar-refractivity contribution in [3.05, 3.63) is 71.4 Å². The van der Waals surface area contributed by atoms with E-state index in [1.807, 2.05) is 10.9 Å². The molecule has 154 valence electrons. The molecule has 1 atom stereocenters. The molecule has 0 radical (unpaired) electrons. The summed E-state index contributed by atoms with van der Waals surface area (Å²) >= 11 is 0. The Bertz CT molecular complexity index is 1150. The zero-order valence-electron chi connectivity index (χ0n) is 17.2. The fourth-order valence-corrected chi connectivity index (χ4v) is 3.69. The lowest BCUT2D eigenvalue weighted by molar-refractivity contribution is -0.129. The number of hydrogen-bond acceptors (Lipinski definition) is 4. The van der Waals surface area contributed by atoms with Crippen LogP contribution in [0.2, 0.25) is 0 Å². The SMILES string of the molecule is C=C(CCCn1ncc2cc(C)ccc21)C(=O)N1N=CCC1c1cnc(C)c(F)c1. The fraction of sp³-hybridized carbons (Fsp3) is 0.304. The Morgan fingerprint density at radius 3 is 2.90 bits per heavy atom. The monoisotopic (exact) mass is 405 g/mol. The molecule has 7 heteroatoms. The molecule has 0 spiro atoms. The second-order valence-electron chi connectivity index (χ2n) is 7.67. The molecular weight excluding hydrogens is 381 g/mol. The lowest BCUT2D eigenvalue weighted by Gasteiger charge is -2.23. The first-order valence-electron chi connectivity index (χ1n) is 10.0. The second kappa shape index (κ2) is 8.18. The van der Waals surface area contributed by atoms with Crippen LogP contribution in [-0.4, -0.2) is 31.9 Å². The third-order valence-corrected chi connectivity index (χ3v) is 5.42. The Morgan fingerprint density at radius 2 is 2.10 bits per heavy atom. The molecule has 0 saturated carbocycles. The number of rotatable bonds is 6. The predicted octanol–water partition coefficient (Wildman–Crippen LogP) is 4.48. The highest BCUT2D eigenvalue weighted by Gasteiger charge is 2.30. The summed E-state index contributed by atoms with van der Waals surface area (Å²) < 4.78 is 15.9. The molecule has 1 aliphatic heterocycles. The maximum absolute atomic E-state index is 13.9. The number of aryl methyl sites for hydroxylation is 3. The quantitative estimate of drug-likeness (QED) is 0.568. The van der Waals surface area contributed by atoms with Gasteiger partial charge in [0.15, 0.2) is 0 Å². The summed E-state index contributed by atoms with van der Waals surface area (Å²) in [6.07, 6.45) is 6.93. The van der Waals surface area contributed by atoms with Crippen molar-refractivity contribution in [1.29, 1.82) is 0 Å². The molecule has 0 saturated heterocycles. The van der Waals surface area contributed by atoms with Gasteiger partial charge in [-0.05, 0) is 50.5 Å². The van der Waals surface area contributed by atoms with Gasteiger partial charge >= 0.3 is 0 Å². The summed E-state index contributed by atoms with van der Waals surface area (Å²) in [6.45, 7) is 8.33. The first kappa shape index (κ1) is 19.9. The van der Waals surface area contributed by atoms with E-state index in [1.54, 1.807) is 19.3 Å².